The summed E-state index contributed by atoms with van der Waals surface area (Å²) >= 11 is 0. The van der Waals surface area contributed by atoms with Gasteiger partial charge in [0.15, 0.2) is 0 Å². The lowest BCUT2D eigenvalue weighted by Gasteiger charge is -2.10. The van der Waals surface area contributed by atoms with Crippen LogP contribution in [0.3, 0.4) is 0 Å². The Hall–Kier alpha value is -3.80. The molecule has 0 aliphatic carbocycles. The Kier molecular flexibility index (Phi) is 3.84. The number of hydrogen-bond acceptors (Lipinski definition) is 4. The van der Waals surface area contributed by atoms with E-state index in [1.165, 1.54) is 0 Å². The number of aryl methyl sites for hydroxylation is 1. The van der Waals surface area contributed by atoms with E-state index < -0.39 is 0 Å². The first kappa shape index (κ1) is 18.0. The van der Waals surface area contributed by atoms with Gasteiger partial charge in [-0.15, -0.1) is 0 Å². The van der Waals surface area contributed by atoms with Crippen molar-refractivity contribution < 1.29 is 0 Å². The molecule has 0 aliphatic rings. The monoisotopic (exact) mass is 406 g/mol. The van der Waals surface area contributed by atoms with Gasteiger partial charge in [0.2, 0.25) is 0 Å². The molecule has 6 heterocycles. The van der Waals surface area contributed by atoms with E-state index in [-0.39, 0.29) is 6.04 Å². The molecule has 6 rings (SSSR count). The lowest BCUT2D eigenvalue weighted by molar-refractivity contribution is 0.632. The second-order valence-electron chi connectivity index (χ2n) is 8.14. The van der Waals surface area contributed by atoms with Gasteiger partial charge in [0.05, 0.1) is 11.2 Å². The fourth-order valence-electron chi connectivity index (χ4n) is 4.67. The molecule has 0 saturated carbocycles. The minimum atomic E-state index is 0.274. The highest BCUT2D eigenvalue weighted by atomic mass is 15.1. The van der Waals surface area contributed by atoms with E-state index in [9.17, 15) is 0 Å². The van der Waals surface area contributed by atoms with Gasteiger partial charge in [0.25, 0.3) is 0 Å². The van der Waals surface area contributed by atoms with Crippen molar-refractivity contribution in [1.29, 1.82) is 0 Å². The zero-order chi connectivity index (χ0) is 21.1. The van der Waals surface area contributed by atoms with Gasteiger partial charge in [-0.25, -0.2) is 15.0 Å². The van der Waals surface area contributed by atoms with Crippen molar-refractivity contribution in [3.63, 3.8) is 0 Å². The maximum atomic E-state index is 4.85. The molecule has 0 aliphatic heterocycles. The highest BCUT2D eigenvalue weighted by molar-refractivity contribution is 6.08. The van der Waals surface area contributed by atoms with E-state index in [0.29, 0.717) is 0 Å². The van der Waals surface area contributed by atoms with Gasteiger partial charge in [-0.2, -0.15) is 0 Å². The van der Waals surface area contributed by atoms with Crippen LogP contribution in [0.4, 0.5) is 0 Å². The third-order valence-corrected chi connectivity index (χ3v) is 6.03. The standard InChI is InChI=1S/C25H22N6/c1-4-30-22-12-21(28-14-20(22)18-8-6-9-26-23(18)30)16-11-19-17-7-5-10-27-24(17)31(15(2)3)25(19)29-13-16/h5-15H,4H2,1-3H3. The van der Waals surface area contributed by atoms with E-state index >= 15 is 0 Å². The zero-order valence-corrected chi connectivity index (χ0v) is 17.7. The van der Waals surface area contributed by atoms with Crippen LogP contribution in [0.2, 0.25) is 0 Å². The molecule has 0 atom stereocenters. The molecule has 0 fully saturated rings. The molecule has 0 N–H and O–H groups in total. The van der Waals surface area contributed by atoms with E-state index in [4.69, 9.17) is 9.97 Å². The Balaban J connectivity index is 1.61. The first-order valence-electron chi connectivity index (χ1n) is 10.7. The van der Waals surface area contributed by atoms with E-state index in [0.717, 1.165) is 61.8 Å². The SMILES string of the molecule is CCn1c2cc(-c3cnc4c(c3)c3cccnc3n4C(C)C)ncc2c2cccnc21. The lowest BCUT2D eigenvalue weighted by Crippen LogP contribution is -2.02. The number of fused-ring (bicyclic) bond motifs is 6. The van der Waals surface area contributed by atoms with Gasteiger partial charge in [-0.05, 0) is 57.2 Å². The van der Waals surface area contributed by atoms with E-state index in [1.807, 2.05) is 36.9 Å². The number of nitrogens with zero attached hydrogens (tertiary/aromatic N) is 6. The maximum Gasteiger partial charge on any atom is 0.142 e. The molecule has 6 nitrogen and oxygen atoms in total. The summed E-state index contributed by atoms with van der Waals surface area (Å²) in [5.41, 5.74) is 5.99. The van der Waals surface area contributed by atoms with E-state index in [2.05, 4.69) is 64.1 Å². The van der Waals surface area contributed by atoms with Crippen molar-refractivity contribution in [1.82, 2.24) is 29.1 Å². The summed E-state index contributed by atoms with van der Waals surface area (Å²) in [5.74, 6) is 0. The van der Waals surface area contributed by atoms with Crippen LogP contribution >= 0.6 is 0 Å². The van der Waals surface area contributed by atoms with Crippen molar-refractivity contribution in [3.05, 3.63) is 61.2 Å². The smallest absolute Gasteiger partial charge is 0.142 e. The highest BCUT2D eigenvalue weighted by Gasteiger charge is 2.17. The van der Waals surface area contributed by atoms with Crippen molar-refractivity contribution in [3.8, 4) is 11.3 Å². The molecule has 6 aromatic rings. The molecule has 0 spiro atoms. The van der Waals surface area contributed by atoms with Crippen molar-refractivity contribution in [2.24, 2.45) is 0 Å². The van der Waals surface area contributed by atoms with Crippen LogP contribution in [-0.4, -0.2) is 29.1 Å². The second-order valence-corrected chi connectivity index (χ2v) is 8.14. The molecule has 31 heavy (non-hydrogen) atoms. The number of pyridine rings is 4. The first-order chi connectivity index (χ1) is 15.2. The van der Waals surface area contributed by atoms with Gasteiger partial charge < -0.3 is 9.13 Å². The minimum Gasteiger partial charge on any atom is -0.325 e. The highest BCUT2D eigenvalue weighted by Crippen LogP contribution is 2.34. The molecule has 6 aromatic heterocycles. The zero-order valence-electron chi connectivity index (χ0n) is 17.7. The van der Waals surface area contributed by atoms with Gasteiger partial charge in [0.1, 0.15) is 16.9 Å². The van der Waals surface area contributed by atoms with E-state index in [1.54, 1.807) is 0 Å². The van der Waals surface area contributed by atoms with Crippen LogP contribution in [0.25, 0.3) is 55.3 Å². The summed E-state index contributed by atoms with van der Waals surface area (Å²) in [4.78, 5) is 18.9. The Bertz CT molecular complexity index is 1610. The van der Waals surface area contributed by atoms with Crippen LogP contribution < -0.4 is 0 Å². The van der Waals surface area contributed by atoms with Crippen LogP contribution in [0.5, 0.6) is 0 Å². The Morgan fingerprint density at radius 1 is 0.774 bits per heavy atom. The molecule has 152 valence electrons. The minimum absolute atomic E-state index is 0.274. The number of rotatable bonds is 3. The molecule has 0 aromatic carbocycles. The molecular formula is C25H22N6. The summed E-state index contributed by atoms with van der Waals surface area (Å²) in [6, 6.07) is 12.8. The van der Waals surface area contributed by atoms with Crippen LogP contribution in [0.1, 0.15) is 26.8 Å². The summed E-state index contributed by atoms with van der Waals surface area (Å²) in [7, 11) is 0. The molecule has 0 bridgehead atoms. The van der Waals surface area contributed by atoms with Gasteiger partial charge in [0, 0.05) is 64.5 Å². The maximum absolute atomic E-state index is 4.85. The molecule has 0 saturated heterocycles. The Morgan fingerprint density at radius 3 is 2.23 bits per heavy atom. The average molecular weight is 406 g/mol. The Morgan fingerprint density at radius 2 is 1.48 bits per heavy atom. The van der Waals surface area contributed by atoms with Crippen molar-refractivity contribution in [2.75, 3.05) is 0 Å². The fourth-order valence-corrected chi connectivity index (χ4v) is 4.67. The van der Waals surface area contributed by atoms with Gasteiger partial charge in [-0.1, -0.05) is 0 Å². The van der Waals surface area contributed by atoms with Crippen molar-refractivity contribution in [2.45, 2.75) is 33.4 Å². The average Bonchev–Trinajstić information content (AvgIpc) is 3.30. The quantitative estimate of drug-likeness (QED) is 0.375. The molecule has 0 unspecified atom stereocenters. The van der Waals surface area contributed by atoms with Gasteiger partial charge >= 0.3 is 0 Å². The van der Waals surface area contributed by atoms with Crippen LogP contribution in [0.15, 0.2) is 61.2 Å². The normalized spacial score (nSPS) is 12.1. The lowest BCUT2D eigenvalue weighted by atomic mass is 10.1. The topological polar surface area (TPSA) is 61.4 Å². The largest absolute Gasteiger partial charge is 0.325 e. The molecule has 0 amide bonds. The number of aromatic nitrogens is 6. The second kappa shape index (κ2) is 6.60. The fraction of sp³-hybridized carbons (Fsp3) is 0.200. The summed E-state index contributed by atoms with van der Waals surface area (Å²) in [6.07, 6.45) is 7.57. The Labute approximate surface area is 179 Å². The third kappa shape index (κ3) is 2.51. The summed E-state index contributed by atoms with van der Waals surface area (Å²) in [5, 5.41) is 4.49. The van der Waals surface area contributed by atoms with Gasteiger partial charge in [-0.3, -0.25) is 4.98 Å². The molecular weight excluding hydrogens is 384 g/mol. The van der Waals surface area contributed by atoms with Crippen LogP contribution in [0, 0.1) is 0 Å². The van der Waals surface area contributed by atoms with Crippen LogP contribution in [-0.2, 0) is 6.54 Å². The third-order valence-electron chi connectivity index (χ3n) is 6.03. The molecule has 6 heteroatoms. The predicted octanol–water partition coefficient (Wildman–Crippen LogP) is 5.75. The summed E-state index contributed by atoms with van der Waals surface area (Å²) < 4.78 is 4.45. The molecule has 0 radical (unpaired) electrons. The van der Waals surface area contributed by atoms with Crippen molar-refractivity contribution >= 4 is 44.0 Å². The number of hydrogen-bond donors (Lipinski definition) is 0. The first-order valence-corrected chi connectivity index (χ1v) is 10.7. The summed E-state index contributed by atoms with van der Waals surface area (Å²) in [6.45, 7) is 7.33. The predicted molar refractivity (Wildman–Crippen MR) is 125 cm³/mol.